The lowest BCUT2D eigenvalue weighted by molar-refractivity contribution is 0.463. The van der Waals surface area contributed by atoms with Crippen molar-refractivity contribution in [2.24, 2.45) is 0 Å². The fourth-order valence-corrected chi connectivity index (χ4v) is 1.79. The molecule has 0 aliphatic heterocycles. The monoisotopic (exact) mass is 239 g/mol. The van der Waals surface area contributed by atoms with Crippen LogP contribution in [0.25, 0.3) is 0 Å². The van der Waals surface area contributed by atoms with E-state index in [0.29, 0.717) is 11.0 Å². The highest BCUT2D eigenvalue weighted by Gasteiger charge is 2.16. The minimum Gasteiger partial charge on any atom is -0.448 e. The van der Waals surface area contributed by atoms with Crippen molar-refractivity contribution in [2.45, 2.75) is 6.04 Å². The zero-order valence-electron chi connectivity index (χ0n) is 8.71. The minimum atomic E-state index is -0.268. The Morgan fingerprint density at radius 1 is 1.31 bits per heavy atom. The molecule has 0 amide bonds. The molecule has 4 heteroatoms. The van der Waals surface area contributed by atoms with Crippen LogP contribution in [0.5, 0.6) is 0 Å². The first-order valence-electron chi connectivity index (χ1n) is 4.88. The molecule has 1 heterocycles. The van der Waals surface area contributed by atoms with Crippen LogP contribution in [0, 0.1) is 5.82 Å². The lowest BCUT2D eigenvalue weighted by Gasteiger charge is -2.13. The molecule has 1 N–H and O–H groups in total. The molecule has 0 aliphatic rings. The molecule has 0 radical (unpaired) electrons. The second kappa shape index (κ2) is 4.68. The maximum atomic E-state index is 13.1. The highest BCUT2D eigenvalue weighted by atomic mass is 35.5. The van der Waals surface area contributed by atoms with Crippen LogP contribution >= 0.6 is 11.6 Å². The molecular formula is C12H11ClFNO. The molecule has 0 bridgehead atoms. The normalized spacial score (nSPS) is 12.7. The average molecular weight is 240 g/mol. The molecule has 1 aromatic carbocycles. The molecular weight excluding hydrogens is 229 g/mol. The van der Waals surface area contributed by atoms with Crippen molar-refractivity contribution < 1.29 is 8.81 Å². The summed E-state index contributed by atoms with van der Waals surface area (Å²) in [4.78, 5) is 0. The number of rotatable bonds is 3. The van der Waals surface area contributed by atoms with E-state index in [-0.39, 0.29) is 11.9 Å². The summed E-state index contributed by atoms with van der Waals surface area (Å²) in [5.41, 5.74) is 0.800. The third kappa shape index (κ3) is 2.26. The van der Waals surface area contributed by atoms with Crippen molar-refractivity contribution in [1.82, 2.24) is 5.32 Å². The Hall–Kier alpha value is -1.32. The van der Waals surface area contributed by atoms with Gasteiger partial charge in [0.1, 0.15) is 11.6 Å². The van der Waals surface area contributed by atoms with Gasteiger partial charge in [0, 0.05) is 0 Å². The predicted octanol–water partition coefficient (Wildman–Crippen LogP) is 3.38. The maximum absolute atomic E-state index is 13.1. The molecule has 16 heavy (non-hydrogen) atoms. The molecule has 0 saturated heterocycles. The third-order valence-electron chi connectivity index (χ3n) is 2.35. The highest BCUT2D eigenvalue weighted by molar-refractivity contribution is 6.28. The van der Waals surface area contributed by atoms with Gasteiger partial charge in [-0.25, -0.2) is 4.39 Å². The zero-order chi connectivity index (χ0) is 11.5. The van der Waals surface area contributed by atoms with Gasteiger partial charge in [0.15, 0.2) is 5.22 Å². The van der Waals surface area contributed by atoms with Gasteiger partial charge in [0.2, 0.25) is 0 Å². The molecule has 1 atom stereocenters. The Morgan fingerprint density at radius 3 is 2.69 bits per heavy atom. The molecule has 0 spiro atoms. The maximum Gasteiger partial charge on any atom is 0.193 e. The number of furan rings is 1. The largest absolute Gasteiger partial charge is 0.448 e. The number of hydrogen-bond acceptors (Lipinski definition) is 2. The molecule has 0 aliphatic carbocycles. The minimum absolute atomic E-state index is 0.191. The van der Waals surface area contributed by atoms with Crippen molar-refractivity contribution in [2.75, 3.05) is 7.05 Å². The number of nitrogens with one attached hydrogen (secondary N) is 1. The summed E-state index contributed by atoms with van der Waals surface area (Å²) < 4.78 is 18.4. The van der Waals surface area contributed by atoms with Crippen molar-refractivity contribution in [3.63, 3.8) is 0 Å². The lowest BCUT2D eigenvalue weighted by atomic mass is 10.0. The third-order valence-corrected chi connectivity index (χ3v) is 2.55. The van der Waals surface area contributed by atoms with Crippen molar-refractivity contribution in [3.8, 4) is 0 Å². The topological polar surface area (TPSA) is 25.2 Å². The Bertz CT molecular complexity index is 483. The Kier molecular flexibility index (Phi) is 3.27. The van der Waals surface area contributed by atoms with Crippen LogP contribution in [0.4, 0.5) is 4.39 Å². The lowest BCUT2D eigenvalue weighted by Crippen LogP contribution is -2.17. The summed E-state index contributed by atoms with van der Waals surface area (Å²) in [5.74, 6) is 0.397. The van der Waals surface area contributed by atoms with Crippen LogP contribution in [0.2, 0.25) is 5.22 Å². The number of benzene rings is 1. The van der Waals surface area contributed by atoms with Crippen LogP contribution in [-0.4, -0.2) is 7.05 Å². The summed E-state index contributed by atoms with van der Waals surface area (Å²) in [5, 5.41) is 3.38. The summed E-state index contributed by atoms with van der Waals surface area (Å²) in [7, 11) is 1.78. The predicted molar refractivity (Wildman–Crippen MR) is 61.0 cm³/mol. The van der Waals surface area contributed by atoms with Gasteiger partial charge in [-0.2, -0.15) is 0 Å². The molecule has 2 nitrogen and oxygen atoms in total. The van der Waals surface area contributed by atoms with E-state index in [1.54, 1.807) is 25.2 Å². The second-order valence-electron chi connectivity index (χ2n) is 3.42. The first-order valence-corrected chi connectivity index (χ1v) is 5.26. The van der Waals surface area contributed by atoms with Crippen molar-refractivity contribution in [1.29, 1.82) is 0 Å². The van der Waals surface area contributed by atoms with E-state index in [2.05, 4.69) is 5.32 Å². The van der Waals surface area contributed by atoms with Gasteiger partial charge in [-0.3, -0.25) is 0 Å². The SMILES string of the molecule is CNC(c1cccc(F)c1)c1ccc(Cl)o1. The first-order chi connectivity index (χ1) is 7.70. The summed E-state index contributed by atoms with van der Waals surface area (Å²) in [6.45, 7) is 0. The molecule has 1 aromatic heterocycles. The summed E-state index contributed by atoms with van der Waals surface area (Å²) in [6.07, 6.45) is 0. The van der Waals surface area contributed by atoms with Crippen LogP contribution in [0.3, 0.4) is 0 Å². The number of hydrogen-bond donors (Lipinski definition) is 1. The zero-order valence-corrected chi connectivity index (χ0v) is 9.46. The summed E-state index contributed by atoms with van der Waals surface area (Å²) in [6, 6.07) is 9.63. The van der Waals surface area contributed by atoms with Gasteiger partial charge in [-0.1, -0.05) is 12.1 Å². The smallest absolute Gasteiger partial charge is 0.193 e. The molecule has 0 fully saturated rings. The van der Waals surface area contributed by atoms with Gasteiger partial charge >= 0.3 is 0 Å². The van der Waals surface area contributed by atoms with E-state index in [1.807, 2.05) is 6.07 Å². The first kappa shape index (κ1) is 11.2. The second-order valence-corrected chi connectivity index (χ2v) is 3.79. The summed E-state index contributed by atoms with van der Waals surface area (Å²) >= 11 is 5.71. The van der Waals surface area contributed by atoms with Crippen LogP contribution < -0.4 is 5.32 Å². The van der Waals surface area contributed by atoms with Crippen molar-refractivity contribution in [3.05, 3.63) is 58.8 Å². The fraction of sp³-hybridized carbons (Fsp3) is 0.167. The van der Waals surface area contributed by atoms with E-state index in [4.69, 9.17) is 16.0 Å². The van der Waals surface area contributed by atoms with Gasteiger partial charge in [0.05, 0.1) is 6.04 Å². The van der Waals surface area contributed by atoms with Crippen LogP contribution in [0.1, 0.15) is 17.4 Å². The molecule has 2 aromatic rings. The van der Waals surface area contributed by atoms with Gasteiger partial charge in [-0.15, -0.1) is 0 Å². The molecule has 1 unspecified atom stereocenters. The van der Waals surface area contributed by atoms with Gasteiger partial charge in [-0.05, 0) is 48.5 Å². The average Bonchev–Trinajstić information content (AvgIpc) is 2.66. The Morgan fingerprint density at radius 2 is 2.12 bits per heavy atom. The van der Waals surface area contributed by atoms with Gasteiger partial charge in [0.25, 0.3) is 0 Å². The molecule has 0 saturated carbocycles. The van der Waals surface area contributed by atoms with E-state index in [9.17, 15) is 4.39 Å². The van der Waals surface area contributed by atoms with E-state index < -0.39 is 0 Å². The molecule has 2 rings (SSSR count). The van der Waals surface area contributed by atoms with E-state index in [0.717, 1.165) is 5.56 Å². The van der Waals surface area contributed by atoms with E-state index >= 15 is 0 Å². The standard InChI is InChI=1S/C12H11ClFNO/c1-15-12(10-5-6-11(13)16-10)8-3-2-4-9(14)7-8/h2-7,12,15H,1H3. The van der Waals surface area contributed by atoms with Crippen LogP contribution in [0.15, 0.2) is 40.8 Å². The van der Waals surface area contributed by atoms with Crippen LogP contribution in [-0.2, 0) is 0 Å². The Balaban J connectivity index is 2.36. The number of halogens is 2. The highest BCUT2D eigenvalue weighted by Crippen LogP contribution is 2.25. The van der Waals surface area contributed by atoms with Gasteiger partial charge < -0.3 is 9.73 Å². The Labute approximate surface area is 98.0 Å². The molecule has 84 valence electrons. The van der Waals surface area contributed by atoms with E-state index in [1.165, 1.54) is 12.1 Å². The fourth-order valence-electron chi connectivity index (χ4n) is 1.64. The van der Waals surface area contributed by atoms with Crippen molar-refractivity contribution >= 4 is 11.6 Å². The quantitative estimate of drug-likeness (QED) is 0.888.